The molecule has 0 saturated carbocycles. The van der Waals surface area contributed by atoms with Gasteiger partial charge in [-0.1, -0.05) is 0 Å². The minimum Gasteiger partial charge on any atom is -0.460 e. The number of hydrogen-bond donors (Lipinski definition) is 0. The van der Waals surface area contributed by atoms with E-state index in [0.29, 0.717) is 0 Å². The zero-order valence-corrected chi connectivity index (χ0v) is 12.8. The molecule has 1 rings (SSSR count). The van der Waals surface area contributed by atoms with Crippen molar-refractivity contribution in [2.24, 2.45) is 0 Å². The minimum absolute atomic E-state index is 0.132. The molecule has 0 saturated heterocycles. The van der Waals surface area contributed by atoms with E-state index in [1.807, 2.05) is 39.6 Å². The Hall–Kier alpha value is -1.85. The van der Waals surface area contributed by atoms with Gasteiger partial charge >= 0.3 is 5.97 Å². The lowest BCUT2D eigenvalue weighted by Crippen LogP contribution is -2.28. The number of anilines is 1. The van der Waals surface area contributed by atoms with Crippen LogP contribution in [0.4, 0.5) is 5.69 Å². The number of carbonyl (C=O) groups is 1. The van der Waals surface area contributed by atoms with Gasteiger partial charge in [-0.2, -0.15) is 5.10 Å². The van der Waals surface area contributed by atoms with Crippen LogP contribution in [0.3, 0.4) is 0 Å². The molecule has 0 bridgehead atoms. The van der Waals surface area contributed by atoms with Crippen LogP contribution in [0.1, 0.15) is 34.1 Å². The summed E-state index contributed by atoms with van der Waals surface area (Å²) in [6.07, 6.45) is 1.76. The summed E-state index contributed by atoms with van der Waals surface area (Å²) in [6, 6.07) is 1.52. The van der Waals surface area contributed by atoms with Crippen molar-refractivity contribution in [1.82, 2.24) is 9.78 Å². The molecule has 0 unspecified atom stereocenters. The molecule has 6 heteroatoms. The van der Waals surface area contributed by atoms with E-state index in [1.165, 1.54) is 10.7 Å². The van der Waals surface area contributed by atoms with E-state index in [-0.39, 0.29) is 24.5 Å². The van der Waals surface area contributed by atoms with Crippen LogP contribution in [0, 0.1) is 0 Å². The Labute approximate surface area is 119 Å². The first-order valence-electron chi connectivity index (χ1n) is 6.73. The molecule has 0 N–H and O–H groups in total. The molecular formula is C14H23N3O3. The van der Waals surface area contributed by atoms with Gasteiger partial charge in [-0.3, -0.25) is 9.59 Å². The monoisotopic (exact) mass is 281 g/mol. The lowest BCUT2D eigenvalue weighted by atomic mass is 10.2. The maximum Gasteiger partial charge on any atom is 0.308 e. The van der Waals surface area contributed by atoms with E-state index in [2.05, 4.69) is 5.10 Å². The van der Waals surface area contributed by atoms with Crippen LogP contribution in [0.25, 0.3) is 0 Å². The Morgan fingerprint density at radius 3 is 2.60 bits per heavy atom. The fourth-order valence-corrected chi connectivity index (χ4v) is 1.57. The van der Waals surface area contributed by atoms with Crippen LogP contribution in [0.15, 0.2) is 17.1 Å². The molecule has 1 aromatic heterocycles. The van der Waals surface area contributed by atoms with Crippen molar-refractivity contribution in [2.75, 3.05) is 18.5 Å². The fraction of sp³-hybridized carbons (Fsp3) is 0.643. The van der Waals surface area contributed by atoms with Gasteiger partial charge in [-0.05, 0) is 27.7 Å². The third-order valence-corrected chi connectivity index (χ3v) is 2.72. The second-order valence-corrected chi connectivity index (χ2v) is 5.63. The van der Waals surface area contributed by atoms with Crippen LogP contribution >= 0.6 is 0 Å². The zero-order valence-electron chi connectivity index (χ0n) is 12.8. The zero-order chi connectivity index (χ0) is 15.3. The lowest BCUT2D eigenvalue weighted by molar-refractivity contribution is -0.155. The molecule has 0 radical (unpaired) electrons. The van der Waals surface area contributed by atoms with Crippen LogP contribution in [0.2, 0.25) is 0 Å². The Morgan fingerprint density at radius 2 is 2.10 bits per heavy atom. The average Bonchev–Trinajstić information content (AvgIpc) is 2.34. The van der Waals surface area contributed by atoms with E-state index in [9.17, 15) is 9.59 Å². The number of hydrogen-bond acceptors (Lipinski definition) is 5. The standard InChI is InChI=1S/C14H23N3O3/c1-6-16(5)11-9-12(18)17(15-10-11)8-7-13(19)20-14(2,3)4/h9-10H,6-8H2,1-5H3. The Balaban J connectivity index is 2.66. The first-order valence-corrected chi connectivity index (χ1v) is 6.73. The molecule has 0 aromatic carbocycles. The maximum absolute atomic E-state index is 11.9. The van der Waals surface area contributed by atoms with Gasteiger partial charge in [0.2, 0.25) is 0 Å². The molecule has 1 heterocycles. The second-order valence-electron chi connectivity index (χ2n) is 5.63. The first-order chi connectivity index (χ1) is 9.23. The number of ether oxygens (including phenoxy) is 1. The highest BCUT2D eigenvalue weighted by Crippen LogP contribution is 2.09. The number of rotatable bonds is 5. The number of aryl methyl sites for hydroxylation is 1. The molecule has 0 amide bonds. The summed E-state index contributed by atoms with van der Waals surface area (Å²) in [5.74, 6) is -0.332. The van der Waals surface area contributed by atoms with Crippen molar-refractivity contribution >= 4 is 11.7 Å². The second kappa shape index (κ2) is 6.54. The summed E-state index contributed by atoms with van der Waals surface area (Å²) >= 11 is 0. The highest BCUT2D eigenvalue weighted by molar-refractivity contribution is 5.69. The highest BCUT2D eigenvalue weighted by Gasteiger charge is 2.16. The quantitative estimate of drug-likeness (QED) is 0.764. The van der Waals surface area contributed by atoms with Crippen LogP contribution < -0.4 is 10.5 Å². The van der Waals surface area contributed by atoms with E-state index in [0.717, 1.165) is 12.2 Å². The fourth-order valence-electron chi connectivity index (χ4n) is 1.57. The minimum atomic E-state index is -0.511. The largest absolute Gasteiger partial charge is 0.460 e. The molecule has 0 aliphatic carbocycles. The summed E-state index contributed by atoms with van der Waals surface area (Å²) in [5, 5.41) is 4.07. The molecular weight excluding hydrogens is 258 g/mol. The van der Waals surface area contributed by atoms with E-state index in [4.69, 9.17) is 4.74 Å². The van der Waals surface area contributed by atoms with Crippen molar-refractivity contribution in [3.05, 3.63) is 22.6 Å². The molecule has 0 spiro atoms. The topological polar surface area (TPSA) is 64.4 Å². The maximum atomic E-state index is 11.9. The van der Waals surface area contributed by atoms with Gasteiger partial charge in [0.15, 0.2) is 0 Å². The number of esters is 1. The van der Waals surface area contributed by atoms with Crippen molar-refractivity contribution in [3.63, 3.8) is 0 Å². The molecule has 20 heavy (non-hydrogen) atoms. The van der Waals surface area contributed by atoms with Crippen LogP contribution in [-0.2, 0) is 16.1 Å². The predicted molar refractivity (Wildman–Crippen MR) is 77.9 cm³/mol. The van der Waals surface area contributed by atoms with Crippen molar-refractivity contribution in [3.8, 4) is 0 Å². The number of nitrogens with zero attached hydrogens (tertiary/aromatic N) is 3. The summed E-state index contributed by atoms with van der Waals surface area (Å²) in [5.41, 5.74) is 0.0424. The molecule has 0 aliphatic heterocycles. The summed E-state index contributed by atoms with van der Waals surface area (Å²) in [6.45, 7) is 8.45. The summed E-state index contributed by atoms with van der Waals surface area (Å²) in [7, 11) is 1.89. The number of aromatic nitrogens is 2. The van der Waals surface area contributed by atoms with E-state index >= 15 is 0 Å². The van der Waals surface area contributed by atoms with E-state index < -0.39 is 5.60 Å². The van der Waals surface area contributed by atoms with Gasteiger partial charge in [-0.25, -0.2) is 4.68 Å². The van der Waals surface area contributed by atoms with Crippen LogP contribution in [0.5, 0.6) is 0 Å². The smallest absolute Gasteiger partial charge is 0.308 e. The predicted octanol–water partition coefficient (Wildman–Crippen LogP) is 1.43. The summed E-state index contributed by atoms with van der Waals surface area (Å²) < 4.78 is 6.46. The molecule has 0 aliphatic rings. The molecule has 0 atom stereocenters. The first kappa shape index (κ1) is 16.2. The van der Waals surface area contributed by atoms with Crippen LogP contribution in [-0.4, -0.2) is 34.9 Å². The third-order valence-electron chi connectivity index (χ3n) is 2.72. The molecule has 0 fully saturated rings. The molecule has 6 nitrogen and oxygen atoms in total. The highest BCUT2D eigenvalue weighted by atomic mass is 16.6. The third kappa shape index (κ3) is 5.03. The van der Waals surface area contributed by atoms with E-state index in [1.54, 1.807) is 6.20 Å². The number of carbonyl (C=O) groups excluding carboxylic acids is 1. The van der Waals surface area contributed by atoms with Gasteiger partial charge in [-0.15, -0.1) is 0 Å². The summed E-state index contributed by atoms with van der Waals surface area (Å²) in [4.78, 5) is 25.4. The molecule has 112 valence electrons. The van der Waals surface area contributed by atoms with Gasteiger partial charge in [0.1, 0.15) is 5.60 Å². The van der Waals surface area contributed by atoms with Crippen molar-refractivity contribution < 1.29 is 9.53 Å². The lowest BCUT2D eigenvalue weighted by Gasteiger charge is -2.19. The molecule has 1 aromatic rings. The van der Waals surface area contributed by atoms with Gasteiger partial charge in [0.05, 0.1) is 24.8 Å². The van der Waals surface area contributed by atoms with Gasteiger partial charge in [0.25, 0.3) is 5.56 Å². The SMILES string of the molecule is CCN(C)c1cnn(CCC(=O)OC(C)(C)C)c(=O)c1. The average molecular weight is 281 g/mol. The Bertz CT molecular complexity index is 517. The van der Waals surface area contributed by atoms with Crippen molar-refractivity contribution in [2.45, 2.75) is 46.3 Å². The van der Waals surface area contributed by atoms with Gasteiger partial charge < -0.3 is 9.64 Å². The van der Waals surface area contributed by atoms with Gasteiger partial charge in [0, 0.05) is 19.7 Å². The normalized spacial score (nSPS) is 11.2. The van der Waals surface area contributed by atoms with Crippen molar-refractivity contribution in [1.29, 1.82) is 0 Å². The Morgan fingerprint density at radius 1 is 1.45 bits per heavy atom. The Kier molecular flexibility index (Phi) is 5.30.